The summed E-state index contributed by atoms with van der Waals surface area (Å²) in [5, 5.41) is 6.46. The van der Waals surface area contributed by atoms with E-state index in [0.717, 1.165) is 37.3 Å². The molecule has 7 heteroatoms. The van der Waals surface area contributed by atoms with E-state index in [2.05, 4.69) is 22.5 Å². The molecule has 0 heterocycles. The lowest BCUT2D eigenvalue weighted by Crippen LogP contribution is -2.42. The van der Waals surface area contributed by atoms with E-state index in [0.29, 0.717) is 18.9 Å². The Bertz CT molecular complexity index is 660. The molecule has 0 radical (unpaired) electrons. The monoisotopic (exact) mass is 383 g/mol. The highest BCUT2D eigenvalue weighted by atomic mass is 32.2. The van der Waals surface area contributed by atoms with Gasteiger partial charge < -0.3 is 15.4 Å². The Morgan fingerprint density at radius 1 is 1.31 bits per heavy atom. The number of nitrogens with zero attached hydrogens (tertiary/aromatic N) is 1. The smallest absolute Gasteiger partial charge is 0.191 e. The van der Waals surface area contributed by atoms with Gasteiger partial charge in [-0.2, -0.15) is 0 Å². The van der Waals surface area contributed by atoms with E-state index in [9.17, 15) is 8.42 Å². The number of rotatable bonds is 11. The van der Waals surface area contributed by atoms with Crippen molar-refractivity contribution in [3.8, 4) is 5.75 Å². The third kappa shape index (κ3) is 10.3. The second kappa shape index (κ2) is 11.8. The van der Waals surface area contributed by atoms with Crippen molar-refractivity contribution < 1.29 is 13.2 Å². The Balaban J connectivity index is 2.63. The molecule has 6 nitrogen and oxygen atoms in total. The zero-order chi connectivity index (χ0) is 19.4. The topological polar surface area (TPSA) is 79.8 Å². The number of unbranched alkanes of at least 4 members (excludes halogenated alkanes) is 1. The lowest BCUT2D eigenvalue weighted by molar-refractivity contribution is 0.309. The summed E-state index contributed by atoms with van der Waals surface area (Å²) in [6.45, 7) is 8.09. The summed E-state index contributed by atoms with van der Waals surface area (Å²) in [6, 6.07) is 7.98. The van der Waals surface area contributed by atoms with E-state index in [-0.39, 0.29) is 11.8 Å². The summed E-state index contributed by atoms with van der Waals surface area (Å²) in [4.78, 5) is 4.60. The SMILES string of the molecule is CCCCOc1cccc(CN=C(NCC)NC(C)CCS(C)(=O)=O)c1. The molecule has 0 spiro atoms. The Morgan fingerprint density at radius 3 is 2.73 bits per heavy atom. The molecule has 0 fully saturated rings. The van der Waals surface area contributed by atoms with Crippen molar-refractivity contribution in [3.63, 3.8) is 0 Å². The highest BCUT2D eigenvalue weighted by Crippen LogP contribution is 2.14. The summed E-state index contributed by atoms with van der Waals surface area (Å²) < 4.78 is 28.3. The summed E-state index contributed by atoms with van der Waals surface area (Å²) in [7, 11) is -2.95. The molecule has 0 amide bonds. The summed E-state index contributed by atoms with van der Waals surface area (Å²) in [5.41, 5.74) is 1.07. The van der Waals surface area contributed by atoms with Gasteiger partial charge in [-0.05, 0) is 44.4 Å². The molecule has 1 rings (SSSR count). The third-order valence-corrected chi connectivity index (χ3v) is 4.71. The first-order chi connectivity index (χ1) is 12.3. The van der Waals surface area contributed by atoms with Crippen molar-refractivity contribution in [3.05, 3.63) is 29.8 Å². The Kier molecular flexibility index (Phi) is 10.1. The lowest BCUT2D eigenvalue weighted by Gasteiger charge is -2.17. The Morgan fingerprint density at radius 2 is 2.08 bits per heavy atom. The van der Waals surface area contributed by atoms with Crippen LogP contribution in [0.15, 0.2) is 29.3 Å². The van der Waals surface area contributed by atoms with Gasteiger partial charge in [-0.25, -0.2) is 13.4 Å². The Labute approximate surface area is 158 Å². The molecule has 0 aliphatic rings. The molecular weight excluding hydrogens is 350 g/mol. The van der Waals surface area contributed by atoms with Gasteiger partial charge in [0.05, 0.1) is 18.9 Å². The van der Waals surface area contributed by atoms with Gasteiger partial charge >= 0.3 is 0 Å². The van der Waals surface area contributed by atoms with Crippen molar-refractivity contribution in [2.75, 3.05) is 25.2 Å². The first kappa shape index (κ1) is 22.3. The van der Waals surface area contributed by atoms with Crippen LogP contribution in [0.1, 0.15) is 45.6 Å². The molecule has 0 aromatic heterocycles. The molecule has 0 aliphatic carbocycles. The molecule has 1 aromatic carbocycles. The fourth-order valence-corrected chi connectivity index (χ4v) is 3.04. The van der Waals surface area contributed by atoms with Gasteiger partial charge in [0.25, 0.3) is 0 Å². The second-order valence-corrected chi connectivity index (χ2v) is 8.77. The van der Waals surface area contributed by atoms with Gasteiger partial charge in [0, 0.05) is 18.8 Å². The van der Waals surface area contributed by atoms with E-state index in [1.807, 2.05) is 38.1 Å². The molecule has 26 heavy (non-hydrogen) atoms. The van der Waals surface area contributed by atoms with Crippen LogP contribution in [0.2, 0.25) is 0 Å². The predicted molar refractivity (Wildman–Crippen MR) is 109 cm³/mol. The van der Waals surface area contributed by atoms with Crippen LogP contribution in [-0.2, 0) is 16.4 Å². The molecule has 148 valence electrons. The number of ether oxygens (including phenoxy) is 1. The van der Waals surface area contributed by atoms with Crippen molar-refractivity contribution >= 4 is 15.8 Å². The molecule has 0 saturated heterocycles. The maximum absolute atomic E-state index is 11.3. The number of sulfone groups is 1. The first-order valence-corrected chi connectivity index (χ1v) is 11.3. The number of guanidine groups is 1. The minimum atomic E-state index is -2.95. The van der Waals surface area contributed by atoms with Gasteiger partial charge in [0.15, 0.2) is 5.96 Å². The summed E-state index contributed by atoms with van der Waals surface area (Å²) >= 11 is 0. The standard InChI is InChI=1S/C19H33N3O3S/c1-5-7-12-25-18-10-8-9-17(14-18)15-21-19(20-6-2)22-16(3)11-13-26(4,23)24/h8-10,14,16H,5-7,11-13,15H2,1-4H3,(H2,20,21,22). The fourth-order valence-electron chi connectivity index (χ4n) is 2.25. The normalized spacial score (nSPS) is 13.3. The van der Waals surface area contributed by atoms with Crippen LogP contribution >= 0.6 is 0 Å². The van der Waals surface area contributed by atoms with Crippen molar-refractivity contribution in [2.24, 2.45) is 4.99 Å². The highest BCUT2D eigenvalue weighted by Gasteiger charge is 2.09. The molecule has 0 bridgehead atoms. The average molecular weight is 384 g/mol. The van der Waals surface area contributed by atoms with E-state index in [1.165, 1.54) is 6.26 Å². The second-order valence-electron chi connectivity index (χ2n) is 6.51. The highest BCUT2D eigenvalue weighted by molar-refractivity contribution is 7.90. The maximum Gasteiger partial charge on any atom is 0.191 e. The Hall–Kier alpha value is -1.76. The van der Waals surface area contributed by atoms with Crippen LogP contribution in [0.3, 0.4) is 0 Å². The van der Waals surface area contributed by atoms with Crippen LogP contribution in [0, 0.1) is 0 Å². The van der Waals surface area contributed by atoms with Crippen molar-refractivity contribution in [1.82, 2.24) is 10.6 Å². The first-order valence-electron chi connectivity index (χ1n) is 9.28. The molecule has 0 saturated carbocycles. The van der Waals surface area contributed by atoms with Gasteiger partial charge in [0.2, 0.25) is 0 Å². The lowest BCUT2D eigenvalue weighted by atomic mass is 10.2. The molecule has 1 aromatic rings. The molecule has 1 unspecified atom stereocenters. The zero-order valence-electron chi connectivity index (χ0n) is 16.4. The molecule has 1 atom stereocenters. The van der Waals surface area contributed by atoms with Crippen LogP contribution in [0.5, 0.6) is 5.75 Å². The van der Waals surface area contributed by atoms with E-state index in [4.69, 9.17) is 4.74 Å². The average Bonchev–Trinajstić information content (AvgIpc) is 2.58. The van der Waals surface area contributed by atoms with Crippen molar-refractivity contribution in [1.29, 1.82) is 0 Å². The number of aliphatic imine (C=N–C) groups is 1. The number of nitrogens with one attached hydrogen (secondary N) is 2. The van der Waals surface area contributed by atoms with Gasteiger partial charge in [-0.15, -0.1) is 0 Å². The minimum absolute atomic E-state index is 0.0197. The summed E-state index contributed by atoms with van der Waals surface area (Å²) in [6.07, 6.45) is 3.96. The molecule has 2 N–H and O–H groups in total. The largest absolute Gasteiger partial charge is 0.494 e. The van der Waals surface area contributed by atoms with Crippen LogP contribution in [0.4, 0.5) is 0 Å². The number of hydrogen-bond acceptors (Lipinski definition) is 4. The van der Waals surface area contributed by atoms with E-state index >= 15 is 0 Å². The van der Waals surface area contributed by atoms with Crippen LogP contribution in [0.25, 0.3) is 0 Å². The van der Waals surface area contributed by atoms with Crippen LogP contribution in [-0.4, -0.2) is 45.6 Å². The fraction of sp³-hybridized carbons (Fsp3) is 0.632. The number of hydrogen-bond donors (Lipinski definition) is 2. The summed E-state index contributed by atoms with van der Waals surface area (Å²) in [5.74, 6) is 1.72. The zero-order valence-corrected chi connectivity index (χ0v) is 17.2. The molecular formula is C19H33N3O3S. The van der Waals surface area contributed by atoms with Gasteiger partial charge in [-0.1, -0.05) is 25.5 Å². The number of benzene rings is 1. The van der Waals surface area contributed by atoms with Gasteiger partial charge in [0.1, 0.15) is 15.6 Å². The maximum atomic E-state index is 11.3. The third-order valence-electron chi connectivity index (χ3n) is 3.73. The minimum Gasteiger partial charge on any atom is -0.494 e. The van der Waals surface area contributed by atoms with Crippen LogP contribution < -0.4 is 15.4 Å². The van der Waals surface area contributed by atoms with E-state index in [1.54, 1.807) is 0 Å². The van der Waals surface area contributed by atoms with E-state index < -0.39 is 9.84 Å². The van der Waals surface area contributed by atoms with Gasteiger partial charge in [-0.3, -0.25) is 0 Å². The molecule has 0 aliphatic heterocycles. The quantitative estimate of drug-likeness (QED) is 0.349. The van der Waals surface area contributed by atoms with Crippen molar-refractivity contribution in [2.45, 2.75) is 52.6 Å². The predicted octanol–water partition coefficient (Wildman–Crippen LogP) is 2.74.